The number of nitrogens with one attached hydrogen (secondary N) is 1. The van der Waals surface area contributed by atoms with Gasteiger partial charge in [0, 0.05) is 54.2 Å². The molecular weight excluding hydrogens is 1140 g/mol. The number of guanidine groups is 3. The van der Waals surface area contributed by atoms with Crippen LogP contribution in [0, 0.1) is 24.7 Å². The number of thiazole rings is 1. The lowest BCUT2D eigenvalue weighted by atomic mass is 9.82. The number of benzene rings is 5. The van der Waals surface area contributed by atoms with E-state index in [0.29, 0.717) is 43.2 Å². The lowest BCUT2D eigenvalue weighted by molar-refractivity contribution is -0.133. The molecule has 7 aliphatic rings. The number of likely N-dealkylation sites (N-methyl/N-ethyl adjacent to an activating group) is 1. The molecule has 6 heterocycles. The number of thiophene rings is 1. The maximum Gasteiger partial charge on any atom is 0.317 e. The third-order valence-corrected chi connectivity index (χ3v) is 19.9. The molecule has 5 amide bonds. The van der Waals surface area contributed by atoms with Crippen molar-refractivity contribution in [1.82, 2.24) is 29.9 Å². The normalized spacial score (nSPS) is 22.0. The number of carbonyl (C=O) groups excluding carboxylic acids is 4. The quantitative estimate of drug-likeness (QED) is 0.0867. The highest BCUT2D eigenvalue weighted by atomic mass is 35.5. The zero-order chi connectivity index (χ0) is 59.7. The predicted octanol–water partition coefficient (Wildman–Crippen LogP) is 11.0. The summed E-state index contributed by atoms with van der Waals surface area (Å²) in [6.07, 6.45) is 12.0. The summed E-state index contributed by atoms with van der Waals surface area (Å²) in [5, 5.41) is 8.74. The lowest BCUT2D eigenvalue weighted by Crippen LogP contribution is -2.50. The molecule has 3 aliphatic carbocycles. The SMILES string of the molecule is Cc1csc(-c2cccc(C3(C4CC4)N=C(N)N(C)C3=O)c2)c1.NC1=NC(c2cccc(-c3cccc(Cl)c3)c2)(C2CC2)C(=O)N1Cc1nccs1.NC1=NC(c2ccccc2)(c2ccccc2)C(=O)N1CC1CCN(C(=O)NC2CCCC2)CC1. The Balaban J connectivity index is 0.000000129. The number of likely N-dealkylation sites (tertiary alicyclic amines) is 1. The van der Waals surface area contributed by atoms with Crippen molar-refractivity contribution in [3.8, 4) is 21.6 Å². The fourth-order valence-electron chi connectivity index (χ4n) is 12.9. The average Bonchev–Trinajstić information content (AvgIpc) is 1.74. The van der Waals surface area contributed by atoms with Crippen LogP contribution < -0.4 is 22.5 Å². The Morgan fingerprint density at radius 3 is 1.73 bits per heavy atom. The summed E-state index contributed by atoms with van der Waals surface area (Å²) >= 11 is 9.40. The van der Waals surface area contributed by atoms with E-state index >= 15 is 0 Å². The summed E-state index contributed by atoms with van der Waals surface area (Å²) in [4.78, 5) is 79.4. The van der Waals surface area contributed by atoms with E-state index in [4.69, 9.17) is 38.8 Å². The monoisotopic (exact) mass is 1210 g/mol. The number of rotatable bonds is 13. The van der Waals surface area contributed by atoms with Crippen LogP contribution in [0.3, 0.4) is 0 Å². The summed E-state index contributed by atoms with van der Waals surface area (Å²) < 4.78 is 0. The molecule has 0 bridgehead atoms. The number of aryl methyl sites for hydroxylation is 1. The summed E-state index contributed by atoms with van der Waals surface area (Å²) in [7, 11) is 1.71. The highest BCUT2D eigenvalue weighted by Gasteiger charge is 2.59. The lowest BCUT2D eigenvalue weighted by Gasteiger charge is -2.35. The number of carbonyl (C=O) groups is 4. The van der Waals surface area contributed by atoms with E-state index in [-0.39, 0.29) is 53.4 Å². The van der Waals surface area contributed by atoms with Crippen molar-refractivity contribution in [1.29, 1.82) is 0 Å². The molecule has 16 nitrogen and oxygen atoms in total. The first-order chi connectivity index (χ1) is 41.7. The van der Waals surface area contributed by atoms with Gasteiger partial charge >= 0.3 is 6.03 Å². The third kappa shape index (κ3) is 11.3. The number of halogens is 1. The number of nitrogens with two attached hydrogens (primary N) is 3. The summed E-state index contributed by atoms with van der Waals surface area (Å²) in [6.45, 7) is 4.37. The number of amides is 5. The first kappa shape index (κ1) is 58.2. The first-order valence-electron chi connectivity index (χ1n) is 29.7. The van der Waals surface area contributed by atoms with Gasteiger partial charge in [-0.15, -0.1) is 22.7 Å². The van der Waals surface area contributed by atoms with Gasteiger partial charge in [-0.25, -0.2) is 24.8 Å². The Morgan fingerprint density at radius 1 is 0.616 bits per heavy atom. The molecule has 1 saturated heterocycles. The van der Waals surface area contributed by atoms with Gasteiger partial charge in [0.2, 0.25) is 0 Å². The molecule has 2 aromatic heterocycles. The molecule has 442 valence electrons. The van der Waals surface area contributed by atoms with Crippen LogP contribution >= 0.6 is 34.3 Å². The van der Waals surface area contributed by atoms with E-state index in [1.807, 2.05) is 132 Å². The molecular formula is C67H71ClN12O4S2. The molecule has 0 radical (unpaired) electrons. The minimum Gasteiger partial charge on any atom is -0.369 e. The molecule has 4 fully saturated rings. The number of aromatic nitrogens is 1. The summed E-state index contributed by atoms with van der Waals surface area (Å²) in [5.41, 5.74) is 23.5. The molecule has 86 heavy (non-hydrogen) atoms. The van der Waals surface area contributed by atoms with Gasteiger partial charge in [-0.1, -0.05) is 134 Å². The molecule has 2 atom stereocenters. The van der Waals surface area contributed by atoms with E-state index in [1.165, 1.54) is 39.5 Å². The van der Waals surface area contributed by atoms with Crippen LogP contribution in [0.4, 0.5) is 4.79 Å². The van der Waals surface area contributed by atoms with Crippen LogP contribution in [0.25, 0.3) is 21.6 Å². The highest BCUT2D eigenvalue weighted by molar-refractivity contribution is 7.13. The summed E-state index contributed by atoms with van der Waals surface area (Å²) in [5.74, 6) is 1.39. The number of nitrogens with zero attached hydrogens (tertiary/aromatic N) is 8. The fourth-order valence-corrected chi connectivity index (χ4v) is 14.6. The molecule has 19 heteroatoms. The van der Waals surface area contributed by atoms with Gasteiger partial charge in [0.05, 0.1) is 6.54 Å². The van der Waals surface area contributed by atoms with Crippen LogP contribution in [-0.4, -0.2) is 98.9 Å². The minimum absolute atomic E-state index is 0.00277. The maximum absolute atomic E-state index is 13.9. The molecule has 3 saturated carbocycles. The third-order valence-electron chi connectivity index (χ3n) is 17.8. The second kappa shape index (κ2) is 24.3. The molecule has 7 aromatic rings. The Labute approximate surface area is 514 Å². The first-order valence-corrected chi connectivity index (χ1v) is 31.9. The van der Waals surface area contributed by atoms with E-state index < -0.39 is 16.6 Å². The van der Waals surface area contributed by atoms with Gasteiger partial charge in [0.25, 0.3) is 17.7 Å². The Hall–Kier alpha value is -8.19. The fraction of sp³-hybridized carbons (Fsp3) is 0.343. The number of aliphatic imine (C=N–C) groups is 3. The van der Waals surface area contributed by atoms with Gasteiger partial charge in [-0.05, 0) is 156 Å². The standard InChI is InChI=1S/C27H33N5O2.C22H19ClN4OS.C18H19N3OS/c28-25-30-27(21-9-3-1-4-10-21,22-11-5-2-6-12-22)24(33)32(25)19-20-15-17-31(18-16-20)26(34)29-23-13-7-8-14-23;23-18-6-2-4-15(12-18)14-3-1-5-17(11-14)22(16-7-8-16)20(28)27(21(24)26-22)13-19-25-9-10-29-19;1-11-8-15(23-10-11)12-4-3-5-14(9-12)18(13-6-7-13)16(22)21(2)17(19)20-18/h1-6,9-12,20,23H,7-8,13-19H2,(H2,28,30)(H,29,34);1-6,9-12,16H,7-8,13H2,(H2,24,26);3-5,8-10,13H,6-7H2,1-2H3,(H2,19,20). The van der Waals surface area contributed by atoms with Gasteiger partial charge in [-0.3, -0.25) is 29.1 Å². The molecule has 7 N–H and O–H groups in total. The van der Waals surface area contributed by atoms with E-state index in [1.54, 1.807) is 34.4 Å². The van der Waals surface area contributed by atoms with Crippen LogP contribution in [0.5, 0.6) is 0 Å². The molecule has 4 aliphatic heterocycles. The second-order valence-electron chi connectivity index (χ2n) is 23.6. The van der Waals surface area contributed by atoms with Gasteiger partial charge in [0.15, 0.2) is 34.5 Å². The van der Waals surface area contributed by atoms with Crippen molar-refractivity contribution in [2.24, 2.45) is 49.9 Å². The van der Waals surface area contributed by atoms with Crippen molar-refractivity contribution >= 4 is 75.9 Å². The van der Waals surface area contributed by atoms with Crippen LogP contribution in [-0.2, 0) is 37.5 Å². The molecule has 14 rings (SSSR count). The van der Waals surface area contributed by atoms with Gasteiger partial charge in [-0.2, -0.15) is 0 Å². The predicted molar refractivity (Wildman–Crippen MR) is 341 cm³/mol. The van der Waals surface area contributed by atoms with Crippen LogP contribution in [0.2, 0.25) is 5.02 Å². The van der Waals surface area contributed by atoms with Crippen LogP contribution in [0.1, 0.15) is 97.0 Å². The Morgan fingerprint density at radius 2 is 1.17 bits per heavy atom. The van der Waals surface area contributed by atoms with Crippen LogP contribution in [0.15, 0.2) is 171 Å². The van der Waals surface area contributed by atoms with Crippen molar-refractivity contribution in [3.63, 3.8) is 0 Å². The molecule has 2 unspecified atom stereocenters. The minimum atomic E-state index is -1.16. The van der Waals surface area contributed by atoms with E-state index in [2.05, 4.69) is 45.8 Å². The molecule has 5 aromatic carbocycles. The topological polar surface area (TPSA) is 221 Å². The van der Waals surface area contributed by atoms with Crippen molar-refractivity contribution in [2.75, 3.05) is 26.7 Å². The van der Waals surface area contributed by atoms with Gasteiger partial charge < -0.3 is 27.4 Å². The maximum atomic E-state index is 13.9. The molecule has 0 spiro atoms. The van der Waals surface area contributed by atoms with Crippen molar-refractivity contribution in [2.45, 2.75) is 100 Å². The highest BCUT2D eigenvalue weighted by Crippen LogP contribution is 2.53. The number of piperidine rings is 1. The summed E-state index contributed by atoms with van der Waals surface area (Å²) in [6, 6.07) is 45.8. The Bertz CT molecular complexity index is 3700. The number of hydrogen-bond donors (Lipinski definition) is 4. The largest absolute Gasteiger partial charge is 0.369 e. The van der Waals surface area contributed by atoms with Gasteiger partial charge in [0.1, 0.15) is 5.01 Å². The smallest absolute Gasteiger partial charge is 0.317 e. The zero-order valence-corrected chi connectivity index (χ0v) is 50.7. The second-order valence-corrected chi connectivity index (χ2v) is 25.9. The van der Waals surface area contributed by atoms with Crippen molar-refractivity contribution < 1.29 is 19.2 Å². The van der Waals surface area contributed by atoms with Crippen molar-refractivity contribution in [3.05, 3.63) is 194 Å². The number of urea groups is 1. The average molecular weight is 1210 g/mol. The number of hydrogen-bond acceptors (Lipinski definition) is 13. The Kier molecular flexibility index (Phi) is 16.4. The zero-order valence-electron chi connectivity index (χ0n) is 48.4. The van der Waals surface area contributed by atoms with E-state index in [9.17, 15) is 19.2 Å². The van der Waals surface area contributed by atoms with E-state index in [0.717, 1.165) is 95.3 Å².